The van der Waals surface area contributed by atoms with Crippen molar-refractivity contribution >= 4 is 22.7 Å². The average Bonchev–Trinajstić information content (AvgIpc) is 2.92. The Morgan fingerprint density at radius 1 is 1.06 bits per heavy atom. The van der Waals surface area contributed by atoms with Gasteiger partial charge in [0.05, 0.1) is 0 Å². The van der Waals surface area contributed by atoms with Crippen LogP contribution in [-0.4, -0.2) is 13.1 Å². The summed E-state index contributed by atoms with van der Waals surface area (Å²) >= 11 is 1.74. The summed E-state index contributed by atoms with van der Waals surface area (Å²) in [5.74, 6) is 0. The Morgan fingerprint density at radius 3 is 2.33 bits per heavy atom. The van der Waals surface area contributed by atoms with Gasteiger partial charge >= 0.3 is 0 Å². The van der Waals surface area contributed by atoms with E-state index in [0.717, 1.165) is 19.6 Å². The SMILES string of the molecule is CCN(CC)c1ccc(NCc2ccsc2)cc1. The lowest BCUT2D eigenvalue weighted by molar-refractivity contribution is 0.866. The van der Waals surface area contributed by atoms with E-state index < -0.39 is 0 Å². The van der Waals surface area contributed by atoms with Gasteiger partial charge < -0.3 is 10.2 Å². The zero-order chi connectivity index (χ0) is 12.8. The number of nitrogens with zero attached hydrogens (tertiary/aromatic N) is 1. The second kappa shape index (κ2) is 6.45. The number of rotatable bonds is 6. The molecule has 2 aromatic rings. The average molecular weight is 260 g/mol. The fourth-order valence-corrected chi connectivity index (χ4v) is 2.64. The lowest BCUT2D eigenvalue weighted by Gasteiger charge is -2.21. The van der Waals surface area contributed by atoms with Gasteiger partial charge in [0.25, 0.3) is 0 Å². The van der Waals surface area contributed by atoms with Gasteiger partial charge in [0, 0.05) is 31.0 Å². The summed E-state index contributed by atoms with van der Waals surface area (Å²) in [5.41, 5.74) is 3.81. The maximum absolute atomic E-state index is 3.44. The zero-order valence-electron chi connectivity index (χ0n) is 11.0. The molecule has 0 radical (unpaired) electrons. The monoisotopic (exact) mass is 260 g/mol. The topological polar surface area (TPSA) is 15.3 Å². The number of nitrogens with one attached hydrogen (secondary N) is 1. The molecule has 18 heavy (non-hydrogen) atoms. The third-order valence-corrected chi connectivity index (χ3v) is 3.80. The van der Waals surface area contributed by atoms with Crippen molar-refractivity contribution < 1.29 is 0 Å². The second-order valence-electron chi connectivity index (χ2n) is 4.20. The number of thiophene rings is 1. The Balaban J connectivity index is 1.95. The molecule has 0 atom stereocenters. The van der Waals surface area contributed by atoms with Crippen molar-refractivity contribution in [3.63, 3.8) is 0 Å². The number of hydrogen-bond donors (Lipinski definition) is 1. The second-order valence-corrected chi connectivity index (χ2v) is 4.98. The summed E-state index contributed by atoms with van der Waals surface area (Å²) in [4.78, 5) is 2.35. The van der Waals surface area contributed by atoms with Crippen molar-refractivity contribution in [2.24, 2.45) is 0 Å². The standard InChI is InChI=1S/C15H20N2S/c1-3-17(4-2)15-7-5-14(6-8-15)16-11-13-9-10-18-12-13/h5-10,12,16H,3-4,11H2,1-2H3. The smallest absolute Gasteiger partial charge is 0.0409 e. The lowest BCUT2D eigenvalue weighted by atomic mass is 10.2. The number of benzene rings is 1. The van der Waals surface area contributed by atoms with Crippen LogP contribution in [0.5, 0.6) is 0 Å². The summed E-state index contributed by atoms with van der Waals surface area (Å²) in [7, 11) is 0. The van der Waals surface area contributed by atoms with E-state index in [1.54, 1.807) is 11.3 Å². The Hall–Kier alpha value is -1.48. The van der Waals surface area contributed by atoms with Crippen LogP contribution >= 0.6 is 11.3 Å². The van der Waals surface area contributed by atoms with Gasteiger partial charge in [0.1, 0.15) is 0 Å². The van der Waals surface area contributed by atoms with Gasteiger partial charge in [0.15, 0.2) is 0 Å². The molecule has 1 aromatic carbocycles. The Morgan fingerprint density at radius 2 is 1.78 bits per heavy atom. The summed E-state index contributed by atoms with van der Waals surface area (Å²) < 4.78 is 0. The fourth-order valence-electron chi connectivity index (χ4n) is 1.98. The van der Waals surface area contributed by atoms with Crippen molar-refractivity contribution in [2.45, 2.75) is 20.4 Å². The van der Waals surface area contributed by atoms with Crippen LogP contribution in [0.2, 0.25) is 0 Å². The molecule has 2 nitrogen and oxygen atoms in total. The molecule has 0 saturated carbocycles. The largest absolute Gasteiger partial charge is 0.381 e. The summed E-state index contributed by atoms with van der Waals surface area (Å²) in [6.45, 7) is 7.38. The summed E-state index contributed by atoms with van der Waals surface area (Å²) in [6.07, 6.45) is 0. The molecule has 0 saturated heterocycles. The molecule has 3 heteroatoms. The minimum Gasteiger partial charge on any atom is -0.381 e. The first-order valence-electron chi connectivity index (χ1n) is 6.43. The first-order chi connectivity index (χ1) is 8.83. The molecule has 0 spiro atoms. The molecule has 1 heterocycles. The highest BCUT2D eigenvalue weighted by Gasteiger charge is 2.01. The van der Waals surface area contributed by atoms with Crippen molar-refractivity contribution in [3.05, 3.63) is 46.7 Å². The normalized spacial score (nSPS) is 10.3. The van der Waals surface area contributed by atoms with E-state index in [-0.39, 0.29) is 0 Å². The Kier molecular flexibility index (Phi) is 4.65. The van der Waals surface area contributed by atoms with Gasteiger partial charge in [-0.2, -0.15) is 11.3 Å². The predicted molar refractivity (Wildman–Crippen MR) is 81.6 cm³/mol. The van der Waals surface area contributed by atoms with Gasteiger partial charge in [0.2, 0.25) is 0 Å². The summed E-state index contributed by atoms with van der Waals surface area (Å²) in [5, 5.41) is 7.73. The highest BCUT2D eigenvalue weighted by atomic mass is 32.1. The molecule has 0 amide bonds. The van der Waals surface area contributed by atoms with Crippen molar-refractivity contribution in [1.82, 2.24) is 0 Å². The first-order valence-corrected chi connectivity index (χ1v) is 7.37. The van der Waals surface area contributed by atoms with Crippen LogP contribution in [0.1, 0.15) is 19.4 Å². The minimum atomic E-state index is 0.897. The zero-order valence-corrected chi connectivity index (χ0v) is 11.8. The van der Waals surface area contributed by atoms with Gasteiger partial charge in [-0.05, 0) is 60.5 Å². The molecule has 0 aliphatic heterocycles. The molecular formula is C15H20N2S. The van der Waals surface area contributed by atoms with Gasteiger partial charge in [-0.3, -0.25) is 0 Å². The molecule has 1 aromatic heterocycles. The van der Waals surface area contributed by atoms with E-state index in [1.165, 1.54) is 16.9 Å². The maximum atomic E-state index is 3.44. The third kappa shape index (κ3) is 3.26. The van der Waals surface area contributed by atoms with Crippen LogP contribution in [0, 0.1) is 0 Å². The molecule has 0 unspecified atom stereocenters. The molecule has 0 aliphatic rings. The first kappa shape index (κ1) is 13.0. The molecule has 1 N–H and O–H groups in total. The Bertz CT molecular complexity index is 444. The predicted octanol–water partition coefficient (Wildman–Crippen LogP) is 4.21. The number of anilines is 2. The van der Waals surface area contributed by atoms with Crippen molar-refractivity contribution in [1.29, 1.82) is 0 Å². The molecule has 0 fully saturated rings. The van der Waals surface area contributed by atoms with Crippen molar-refractivity contribution in [2.75, 3.05) is 23.3 Å². The van der Waals surface area contributed by atoms with E-state index >= 15 is 0 Å². The quantitative estimate of drug-likeness (QED) is 0.837. The molecular weight excluding hydrogens is 240 g/mol. The third-order valence-electron chi connectivity index (χ3n) is 3.07. The molecule has 0 aliphatic carbocycles. The Labute approximate surface area is 113 Å². The van der Waals surface area contributed by atoms with Gasteiger partial charge in [-0.25, -0.2) is 0 Å². The molecule has 0 bridgehead atoms. The van der Waals surface area contributed by atoms with E-state index in [1.807, 2.05) is 0 Å². The van der Waals surface area contributed by atoms with E-state index in [2.05, 4.69) is 65.2 Å². The highest BCUT2D eigenvalue weighted by Crippen LogP contribution is 2.18. The van der Waals surface area contributed by atoms with Crippen LogP contribution in [0.25, 0.3) is 0 Å². The fraction of sp³-hybridized carbons (Fsp3) is 0.333. The minimum absolute atomic E-state index is 0.897. The summed E-state index contributed by atoms with van der Waals surface area (Å²) in [6, 6.07) is 10.8. The van der Waals surface area contributed by atoms with Crippen LogP contribution in [0.15, 0.2) is 41.1 Å². The molecule has 2 rings (SSSR count). The van der Waals surface area contributed by atoms with E-state index in [9.17, 15) is 0 Å². The van der Waals surface area contributed by atoms with Crippen LogP contribution < -0.4 is 10.2 Å². The van der Waals surface area contributed by atoms with Crippen molar-refractivity contribution in [3.8, 4) is 0 Å². The molecule has 96 valence electrons. The van der Waals surface area contributed by atoms with Gasteiger partial charge in [-0.1, -0.05) is 0 Å². The van der Waals surface area contributed by atoms with E-state index in [0.29, 0.717) is 0 Å². The lowest BCUT2D eigenvalue weighted by Crippen LogP contribution is -2.21. The highest BCUT2D eigenvalue weighted by molar-refractivity contribution is 7.07. The van der Waals surface area contributed by atoms with Crippen LogP contribution in [0.3, 0.4) is 0 Å². The number of hydrogen-bond acceptors (Lipinski definition) is 3. The van der Waals surface area contributed by atoms with Crippen LogP contribution in [-0.2, 0) is 6.54 Å². The van der Waals surface area contributed by atoms with Gasteiger partial charge in [-0.15, -0.1) is 0 Å². The van der Waals surface area contributed by atoms with Crippen LogP contribution in [0.4, 0.5) is 11.4 Å². The maximum Gasteiger partial charge on any atom is 0.0409 e. The van der Waals surface area contributed by atoms with E-state index in [4.69, 9.17) is 0 Å².